The van der Waals surface area contributed by atoms with Gasteiger partial charge >= 0.3 is 0 Å². The topological polar surface area (TPSA) is 58.4 Å². The molecule has 12 heavy (non-hydrogen) atoms. The van der Waals surface area contributed by atoms with E-state index in [4.69, 9.17) is 5.73 Å². The van der Waals surface area contributed by atoms with E-state index in [1.807, 2.05) is 19.0 Å². The second-order valence-corrected chi connectivity index (χ2v) is 2.73. The minimum atomic E-state index is 0. The maximum Gasteiger partial charge on any atom is 0.234 e. The van der Waals surface area contributed by atoms with Crippen LogP contribution in [0, 0.1) is 0 Å². The highest BCUT2D eigenvalue weighted by Crippen LogP contribution is 1.75. The lowest BCUT2D eigenvalue weighted by molar-refractivity contribution is -0.121. The molecule has 0 aromatic heterocycles. The lowest BCUT2D eigenvalue weighted by Crippen LogP contribution is -2.34. The molecule has 0 rings (SSSR count). The van der Waals surface area contributed by atoms with Gasteiger partial charge in [-0.05, 0) is 27.1 Å². The van der Waals surface area contributed by atoms with E-state index in [1.165, 1.54) is 0 Å². The monoisotopic (exact) mass is 195 g/mol. The average molecular weight is 196 g/mol. The minimum absolute atomic E-state index is 0. The number of hydrogen-bond acceptors (Lipinski definition) is 3. The van der Waals surface area contributed by atoms with E-state index in [2.05, 4.69) is 5.32 Å². The van der Waals surface area contributed by atoms with Crippen LogP contribution in [0.5, 0.6) is 0 Å². The Morgan fingerprint density at radius 3 is 2.50 bits per heavy atom. The molecule has 0 spiro atoms. The normalized spacial score (nSPS) is 9.33. The number of nitrogens with one attached hydrogen (secondary N) is 1. The molecule has 4 nitrogen and oxygen atoms in total. The van der Waals surface area contributed by atoms with Crippen LogP contribution in [0.3, 0.4) is 0 Å². The summed E-state index contributed by atoms with van der Waals surface area (Å²) >= 11 is 0. The first kappa shape index (κ1) is 14.2. The number of hydrogen-bond donors (Lipinski definition) is 2. The Morgan fingerprint density at radius 2 is 2.08 bits per heavy atom. The Kier molecular flexibility index (Phi) is 10.4. The summed E-state index contributed by atoms with van der Waals surface area (Å²) in [7, 11) is 3.73. The molecule has 0 aromatic carbocycles. The van der Waals surface area contributed by atoms with Gasteiger partial charge in [-0.2, -0.15) is 0 Å². The number of halogens is 1. The second-order valence-electron chi connectivity index (χ2n) is 2.73. The van der Waals surface area contributed by atoms with Crippen molar-refractivity contribution in [1.29, 1.82) is 0 Å². The summed E-state index contributed by atoms with van der Waals surface area (Å²) in [4.78, 5) is 12.8. The fraction of sp³-hybridized carbons (Fsp3) is 0.857. The van der Waals surface area contributed by atoms with Crippen LogP contribution in [0.15, 0.2) is 0 Å². The van der Waals surface area contributed by atoms with Crippen molar-refractivity contribution in [2.24, 2.45) is 5.73 Å². The van der Waals surface area contributed by atoms with Crippen LogP contribution in [0.2, 0.25) is 0 Å². The standard InChI is InChI=1S/C7H17N3O.ClH/c1-10(2)6-7(11)9-5-3-4-8;/h3-6,8H2,1-2H3,(H,9,11);1H. The third-order valence-corrected chi connectivity index (χ3v) is 1.16. The number of carbonyl (C=O) groups excluding carboxylic acids is 1. The predicted molar refractivity (Wildman–Crippen MR) is 52.5 cm³/mol. The van der Waals surface area contributed by atoms with E-state index in [-0.39, 0.29) is 18.3 Å². The maximum atomic E-state index is 10.9. The van der Waals surface area contributed by atoms with Gasteiger partial charge in [0.1, 0.15) is 0 Å². The molecule has 0 heterocycles. The molecule has 0 unspecified atom stereocenters. The van der Waals surface area contributed by atoms with Gasteiger partial charge in [-0.3, -0.25) is 4.79 Å². The molecule has 0 bridgehead atoms. The third kappa shape index (κ3) is 9.68. The van der Waals surface area contributed by atoms with Crippen molar-refractivity contribution in [3.8, 4) is 0 Å². The van der Waals surface area contributed by atoms with Crippen molar-refractivity contribution in [2.45, 2.75) is 6.42 Å². The highest BCUT2D eigenvalue weighted by molar-refractivity contribution is 5.85. The molecule has 0 aromatic rings. The maximum absolute atomic E-state index is 10.9. The van der Waals surface area contributed by atoms with Crippen molar-refractivity contribution in [3.05, 3.63) is 0 Å². The van der Waals surface area contributed by atoms with Crippen molar-refractivity contribution >= 4 is 18.3 Å². The first-order valence-corrected chi connectivity index (χ1v) is 3.78. The number of amides is 1. The van der Waals surface area contributed by atoms with Gasteiger partial charge < -0.3 is 16.0 Å². The first-order valence-electron chi connectivity index (χ1n) is 3.78. The molecule has 1 amide bonds. The summed E-state index contributed by atoms with van der Waals surface area (Å²) in [5.74, 6) is 0.0588. The van der Waals surface area contributed by atoms with Crippen LogP contribution >= 0.6 is 12.4 Å². The van der Waals surface area contributed by atoms with E-state index >= 15 is 0 Å². The molecule has 74 valence electrons. The van der Waals surface area contributed by atoms with Gasteiger partial charge in [-0.25, -0.2) is 0 Å². The molecule has 0 aliphatic heterocycles. The summed E-state index contributed by atoms with van der Waals surface area (Å²) in [6.45, 7) is 1.76. The zero-order valence-corrected chi connectivity index (χ0v) is 8.49. The number of rotatable bonds is 5. The van der Waals surface area contributed by atoms with E-state index in [0.29, 0.717) is 19.6 Å². The smallest absolute Gasteiger partial charge is 0.234 e. The quantitative estimate of drug-likeness (QED) is 0.578. The molecule has 3 N–H and O–H groups in total. The van der Waals surface area contributed by atoms with Gasteiger partial charge in [0.25, 0.3) is 0 Å². The molecule has 0 saturated heterocycles. The zero-order chi connectivity index (χ0) is 8.69. The number of carbonyl (C=O) groups is 1. The molecule has 0 aliphatic carbocycles. The van der Waals surface area contributed by atoms with Gasteiger partial charge in [0.05, 0.1) is 6.54 Å². The molecule has 0 aliphatic rings. The Hall–Kier alpha value is -0.320. The van der Waals surface area contributed by atoms with Crippen molar-refractivity contribution in [3.63, 3.8) is 0 Å². The Labute approximate surface area is 79.9 Å². The fourth-order valence-electron chi connectivity index (χ4n) is 0.673. The number of nitrogens with two attached hydrogens (primary N) is 1. The van der Waals surface area contributed by atoms with E-state index < -0.39 is 0 Å². The summed E-state index contributed by atoms with van der Waals surface area (Å²) in [5.41, 5.74) is 5.25. The fourth-order valence-corrected chi connectivity index (χ4v) is 0.673. The van der Waals surface area contributed by atoms with Crippen molar-refractivity contribution in [2.75, 3.05) is 33.7 Å². The SMILES string of the molecule is CN(C)CC(=O)NCCCN.Cl. The van der Waals surface area contributed by atoms with Crippen LogP contribution in [0.25, 0.3) is 0 Å². The van der Waals surface area contributed by atoms with E-state index in [0.717, 1.165) is 6.42 Å². The Bertz CT molecular complexity index is 119. The van der Waals surface area contributed by atoms with E-state index in [9.17, 15) is 4.79 Å². The predicted octanol–water partition coefficient (Wildman–Crippen LogP) is -0.565. The van der Waals surface area contributed by atoms with Crippen LogP contribution in [0.4, 0.5) is 0 Å². The summed E-state index contributed by atoms with van der Waals surface area (Å²) < 4.78 is 0. The van der Waals surface area contributed by atoms with Crippen LogP contribution in [-0.2, 0) is 4.79 Å². The van der Waals surface area contributed by atoms with Gasteiger partial charge in [-0.15, -0.1) is 12.4 Å². The highest BCUT2D eigenvalue weighted by Gasteiger charge is 1.99. The van der Waals surface area contributed by atoms with Crippen LogP contribution in [0.1, 0.15) is 6.42 Å². The molecule has 0 fully saturated rings. The molecule has 0 radical (unpaired) electrons. The van der Waals surface area contributed by atoms with Gasteiger partial charge in [0, 0.05) is 6.54 Å². The summed E-state index contributed by atoms with van der Waals surface area (Å²) in [6, 6.07) is 0. The lowest BCUT2D eigenvalue weighted by Gasteiger charge is -2.09. The molecule has 0 atom stereocenters. The zero-order valence-electron chi connectivity index (χ0n) is 7.67. The number of nitrogens with zero attached hydrogens (tertiary/aromatic N) is 1. The van der Waals surface area contributed by atoms with Crippen LogP contribution < -0.4 is 11.1 Å². The lowest BCUT2D eigenvalue weighted by atomic mass is 10.4. The summed E-state index contributed by atoms with van der Waals surface area (Å²) in [5, 5.41) is 2.75. The molecular weight excluding hydrogens is 178 g/mol. The van der Waals surface area contributed by atoms with Gasteiger partial charge in [0.2, 0.25) is 5.91 Å². The number of likely N-dealkylation sites (N-methyl/N-ethyl adjacent to an activating group) is 1. The summed E-state index contributed by atoms with van der Waals surface area (Å²) in [6.07, 6.45) is 0.846. The average Bonchev–Trinajstić information content (AvgIpc) is 1.86. The largest absolute Gasteiger partial charge is 0.355 e. The second kappa shape index (κ2) is 8.77. The highest BCUT2D eigenvalue weighted by atomic mass is 35.5. The van der Waals surface area contributed by atoms with Crippen molar-refractivity contribution in [1.82, 2.24) is 10.2 Å². The Balaban J connectivity index is 0. The molecule has 5 heteroatoms. The Morgan fingerprint density at radius 1 is 1.50 bits per heavy atom. The van der Waals surface area contributed by atoms with Crippen LogP contribution in [-0.4, -0.2) is 44.5 Å². The van der Waals surface area contributed by atoms with E-state index in [1.54, 1.807) is 0 Å². The third-order valence-electron chi connectivity index (χ3n) is 1.16. The first-order chi connectivity index (χ1) is 5.16. The van der Waals surface area contributed by atoms with Gasteiger partial charge in [0.15, 0.2) is 0 Å². The molecular formula is C7H18ClN3O. The van der Waals surface area contributed by atoms with Gasteiger partial charge in [-0.1, -0.05) is 0 Å². The minimum Gasteiger partial charge on any atom is -0.355 e. The molecule has 0 saturated carbocycles. The van der Waals surface area contributed by atoms with Crippen molar-refractivity contribution < 1.29 is 4.79 Å².